The van der Waals surface area contributed by atoms with Crippen molar-refractivity contribution in [1.29, 1.82) is 0 Å². The van der Waals surface area contributed by atoms with E-state index in [-0.39, 0.29) is 21.1 Å². The van der Waals surface area contributed by atoms with Gasteiger partial charge in [0.1, 0.15) is 0 Å². The summed E-state index contributed by atoms with van der Waals surface area (Å²) in [5, 5.41) is 0. The second-order valence-corrected chi connectivity index (χ2v) is 20.4. The molecule has 0 atom stereocenters. The molecule has 0 aliphatic heterocycles. The van der Waals surface area contributed by atoms with Crippen LogP contribution in [0.5, 0.6) is 0 Å². The van der Waals surface area contributed by atoms with Crippen molar-refractivity contribution < 1.29 is 21.1 Å². The Labute approximate surface area is 532 Å². The first-order valence-corrected chi connectivity index (χ1v) is 24.0. The molecule has 0 rings (SSSR count). The van der Waals surface area contributed by atoms with Gasteiger partial charge in [-0.3, -0.25) is 0 Å². The van der Waals surface area contributed by atoms with Gasteiger partial charge in [-0.15, -0.1) is 0 Å². The molecule has 0 nitrogen and oxygen atoms in total. The molecule has 0 heterocycles. The maximum absolute atomic E-state index is 7.06. The predicted octanol–water partition coefficient (Wildman–Crippen LogP) is -27.8. The minimum absolute atomic E-state index is 0. The Kier molecular flexibility index (Phi) is 41.7. The average Bonchev–Trinajstić information content (AvgIpc) is 3.17. The minimum atomic E-state index is -1.62. The molecule has 0 aromatic rings. The summed E-state index contributed by atoms with van der Waals surface area (Å²) >= 11 is 0. The third-order valence-corrected chi connectivity index (χ3v) is 15.1. The summed E-state index contributed by atoms with van der Waals surface area (Å²) < 4.78 is 0. The van der Waals surface area contributed by atoms with Crippen molar-refractivity contribution in [3.8, 4) is 0 Å². The van der Waals surface area contributed by atoms with E-state index in [4.69, 9.17) is 286 Å². The van der Waals surface area contributed by atoms with Gasteiger partial charge in [-0.05, 0) is 0 Å². The molecule has 0 amide bonds. The van der Waals surface area contributed by atoms with Crippen LogP contribution in [0.2, 0.25) is 0 Å². The van der Waals surface area contributed by atoms with Crippen molar-refractivity contribution in [1.82, 2.24) is 0 Å². The largest absolute Gasteiger partial charge is 0 e. The molecular formula is B73W. The third-order valence-electron chi connectivity index (χ3n) is 15.1. The summed E-state index contributed by atoms with van der Waals surface area (Å²) in [7, 11) is 249. The zero-order valence-electron chi connectivity index (χ0n) is 42.6. The van der Waals surface area contributed by atoms with E-state index in [1.807, 2.05) is 0 Å². The quantitative estimate of drug-likeness (QED) is 0.0555. The van der Waals surface area contributed by atoms with Gasteiger partial charge < -0.3 is 0 Å². The fourth-order valence-electron chi connectivity index (χ4n) is 12.3. The van der Waals surface area contributed by atoms with E-state index >= 15 is 0 Å². The van der Waals surface area contributed by atoms with Gasteiger partial charge in [0.05, 0.1) is 0 Å². The molecule has 0 bridgehead atoms. The molecule has 74 heavy (non-hydrogen) atoms. The number of rotatable bonds is 35. The van der Waals surface area contributed by atoms with Gasteiger partial charge in [0.25, 0.3) is 0 Å². The first-order valence-electron chi connectivity index (χ1n) is 24.0. The van der Waals surface area contributed by atoms with E-state index in [2.05, 4.69) is 0 Å². The zero-order valence-corrected chi connectivity index (χ0v) is 45.5. The first kappa shape index (κ1) is 81.5. The van der Waals surface area contributed by atoms with Gasteiger partial charge >= 0.3 is 0 Å². The maximum Gasteiger partial charge on any atom is 0 e. The molecule has 0 fully saturated rings. The van der Waals surface area contributed by atoms with Crippen molar-refractivity contribution in [2.45, 2.75) is 0 Å². The van der Waals surface area contributed by atoms with E-state index in [0.29, 0.717) is 0 Å². The Bertz CT molecular complexity index is 1210. The zero-order chi connectivity index (χ0) is 57.9. The van der Waals surface area contributed by atoms with Crippen LogP contribution >= 0.6 is 0 Å². The molecule has 0 aliphatic rings. The number of hydrogen-bond donors (Lipinski definition) is 0. The van der Waals surface area contributed by atoms with Crippen molar-refractivity contribution in [2.24, 2.45) is 0 Å². The van der Waals surface area contributed by atoms with Crippen LogP contribution in [0.1, 0.15) is 0 Å². The summed E-state index contributed by atoms with van der Waals surface area (Å²) in [4.78, 5) is 0. The molecule has 0 saturated carbocycles. The van der Waals surface area contributed by atoms with Gasteiger partial charge in [-0.1, -0.05) is 0 Å². The fraction of sp³-hybridized carbons (Fsp3) is 0. The van der Waals surface area contributed by atoms with Crippen LogP contribution in [0, 0.1) is 0 Å². The Balaban J connectivity index is 0. The molecule has 75 radical (unpaired) electrons. The van der Waals surface area contributed by atoms with E-state index in [1.54, 1.807) is 7.06 Å². The topological polar surface area (TPSA) is 0 Å². The van der Waals surface area contributed by atoms with E-state index in [9.17, 15) is 0 Å². The van der Waals surface area contributed by atoms with Crippen LogP contribution in [0.25, 0.3) is 0 Å². The molecule has 0 saturated heterocycles. The number of hydrogen-bond acceptors (Lipinski definition) is 0. The first-order chi connectivity index (χ1) is 33.2. The van der Waals surface area contributed by atoms with Crippen LogP contribution in [0.4, 0.5) is 0 Å². The molecular weight excluding hydrogens is 973 g/mol. The molecule has 0 aromatic heterocycles. The van der Waals surface area contributed by atoms with E-state index in [0.717, 1.165) is 0 Å². The normalized spacial score (nSPS) is 9.62. The van der Waals surface area contributed by atoms with Gasteiger partial charge in [0.2, 0.25) is 0 Å². The second-order valence-electron chi connectivity index (χ2n) is 20.4. The van der Waals surface area contributed by atoms with E-state index in [1.165, 1.54) is 0 Å². The van der Waals surface area contributed by atoms with Crippen LogP contribution < -0.4 is 0 Å². The molecule has 0 aromatic carbocycles. The summed E-state index contributed by atoms with van der Waals surface area (Å²) in [6, 6.07) is 0. The molecule has 74 heteroatoms. The summed E-state index contributed by atoms with van der Waals surface area (Å²) in [5.41, 5.74) is 0. The summed E-state index contributed by atoms with van der Waals surface area (Å²) in [5.74, 6) is 0. The predicted molar refractivity (Wildman–Crippen MR) is 420 cm³/mol. The van der Waals surface area contributed by atoms with Gasteiger partial charge in [0, 0.05) is 538 Å². The average molecular weight is 973 g/mol. The van der Waals surface area contributed by atoms with Gasteiger partial charge in [-0.2, -0.15) is 0 Å². The molecule has 0 spiro atoms. The standard InChI is InChI=1S/B73.W/c1-39(2)57(37)68(56(35)36)72(73(66(52(27)28)53(29)30)67(54(31)32)55(33)34)59(71(64(48(19)20)49(21)22)65(50(23)24)51(25)26)38-58(69(60(40(3)4)41(5)6)61(42(7)8)43(9)10)70(62(44(11)12)45(13)14)63(46(15)16)47(17)18;. The van der Waals surface area contributed by atoms with Crippen molar-refractivity contribution in [3.63, 3.8) is 0 Å². The van der Waals surface area contributed by atoms with E-state index < -0.39 is 223 Å². The fourth-order valence-corrected chi connectivity index (χ4v) is 12.3. The Morgan fingerprint density at radius 1 is 0.135 bits per heavy atom. The minimum Gasteiger partial charge on any atom is 0 e. The van der Waals surface area contributed by atoms with Crippen molar-refractivity contribution >= 4 is 517 Å². The van der Waals surface area contributed by atoms with Crippen LogP contribution in [-0.4, -0.2) is 517 Å². The second kappa shape index (κ2) is 37.9. The molecule has 0 aliphatic carbocycles. The van der Waals surface area contributed by atoms with Crippen LogP contribution in [-0.2, 0) is 21.1 Å². The molecule has 0 N–H and O–H groups in total. The maximum atomic E-state index is 7.06. The molecule has 0 unspecified atom stereocenters. The molecule has 225 valence electrons. The summed E-state index contributed by atoms with van der Waals surface area (Å²) in [6.07, 6.45) is -52.1. The Hall–Kier alpha value is 5.43. The van der Waals surface area contributed by atoms with Gasteiger partial charge in [-0.25, -0.2) is 0 Å². The van der Waals surface area contributed by atoms with Crippen LogP contribution in [0.15, 0.2) is 0 Å². The SMILES string of the molecule is [B]B([B])B([B])B(B([B])[B])B(B([B]B(B(B(B([B])[B])B([B])[B])B(B([B])[B])B([B])[B])B(B(B([B])[B])B([B])[B])B(B([B])[B])B([B])[B])B(B(B([B])[B])B([B])[B])B(B([B])[B])B([B])[B])B(B(B([B])[B])B([B])[B])B(B([B])[B])B([B])[B].[W]. The Morgan fingerprint density at radius 2 is 0.257 bits per heavy atom. The third kappa shape index (κ3) is 22.6. The monoisotopic (exact) mass is 988 g/mol. The van der Waals surface area contributed by atoms with Crippen LogP contribution in [0.3, 0.4) is 0 Å². The summed E-state index contributed by atoms with van der Waals surface area (Å²) in [6.45, 7) is 0. The van der Waals surface area contributed by atoms with Crippen molar-refractivity contribution in [2.75, 3.05) is 0 Å². The van der Waals surface area contributed by atoms with Crippen molar-refractivity contribution in [3.05, 3.63) is 0 Å². The van der Waals surface area contributed by atoms with Gasteiger partial charge in [0.15, 0.2) is 0 Å². The smallest absolute Gasteiger partial charge is 0 e. The Morgan fingerprint density at radius 3 is 0.378 bits per heavy atom.